The summed E-state index contributed by atoms with van der Waals surface area (Å²) in [5.41, 5.74) is 2.94. The van der Waals surface area contributed by atoms with Crippen molar-refractivity contribution in [1.82, 2.24) is 0 Å². The number of allylic oxidation sites excluding steroid dienone is 4. The van der Waals surface area contributed by atoms with Crippen LogP contribution < -0.4 is 0 Å². The molecule has 1 unspecified atom stereocenters. The Hall–Kier alpha value is -0.520. The van der Waals surface area contributed by atoms with E-state index in [2.05, 4.69) is 39.8 Å². The van der Waals surface area contributed by atoms with Crippen LogP contribution in [0.15, 0.2) is 23.3 Å². The van der Waals surface area contributed by atoms with Crippen LogP contribution in [0.4, 0.5) is 0 Å². The Morgan fingerprint density at radius 1 is 1.20 bits per heavy atom. The lowest BCUT2D eigenvalue weighted by Crippen LogP contribution is -2.10. The monoisotopic (exact) mass is 136 g/mol. The second kappa shape index (κ2) is 2.61. The SMILES string of the molecule is CC1=C[C@@H](C)C(C)C(C)=C1. The first-order valence-corrected chi connectivity index (χ1v) is 3.98. The van der Waals surface area contributed by atoms with Gasteiger partial charge in [0, 0.05) is 0 Å². The highest BCUT2D eigenvalue weighted by molar-refractivity contribution is 5.28. The van der Waals surface area contributed by atoms with Gasteiger partial charge in [-0.15, -0.1) is 0 Å². The van der Waals surface area contributed by atoms with E-state index in [-0.39, 0.29) is 0 Å². The molecule has 0 aromatic rings. The average molecular weight is 136 g/mol. The van der Waals surface area contributed by atoms with Gasteiger partial charge in [0.2, 0.25) is 0 Å². The summed E-state index contributed by atoms with van der Waals surface area (Å²) in [7, 11) is 0. The van der Waals surface area contributed by atoms with Crippen molar-refractivity contribution in [2.24, 2.45) is 11.8 Å². The third-order valence-corrected chi connectivity index (χ3v) is 2.49. The fraction of sp³-hybridized carbons (Fsp3) is 0.600. The molecule has 1 aliphatic rings. The van der Waals surface area contributed by atoms with E-state index < -0.39 is 0 Å². The normalized spacial score (nSPS) is 33.2. The molecule has 0 aromatic carbocycles. The highest BCUT2D eigenvalue weighted by Gasteiger charge is 2.14. The average Bonchev–Trinajstić information content (AvgIpc) is 1.82. The van der Waals surface area contributed by atoms with E-state index >= 15 is 0 Å². The molecule has 56 valence electrons. The predicted octanol–water partition coefficient (Wildman–Crippen LogP) is 3.16. The number of rotatable bonds is 0. The first kappa shape index (κ1) is 7.59. The van der Waals surface area contributed by atoms with E-state index in [4.69, 9.17) is 0 Å². The molecular formula is C10H16. The quantitative estimate of drug-likeness (QED) is 0.480. The molecule has 0 heterocycles. The maximum absolute atomic E-state index is 2.34. The van der Waals surface area contributed by atoms with Crippen LogP contribution in [0.2, 0.25) is 0 Å². The molecule has 0 spiro atoms. The molecule has 0 amide bonds. The molecule has 10 heavy (non-hydrogen) atoms. The van der Waals surface area contributed by atoms with Crippen LogP contribution in [-0.4, -0.2) is 0 Å². The van der Waals surface area contributed by atoms with Gasteiger partial charge in [0.15, 0.2) is 0 Å². The fourth-order valence-corrected chi connectivity index (χ4v) is 1.51. The summed E-state index contributed by atoms with van der Waals surface area (Å²) < 4.78 is 0. The van der Waals surface area contributed by atoms with Crippen LogP contribution >= 0.6 is 0 Å². The highest BCUT2D eigenvalue weighted by Crippen LogP contribution is 2.27. The molecule has 0 radical (unpaired) electrons. The summed E-state index contributed by atoms with van der Waals surface area (Å²) in [4.78, 5) is 0. The minimum absolute atomic E-state index is 0.727. The molecular weight excluding hydrogens is 120 g/mol. The Bertz CT molecular complexity index is 184. The molecule has 0 aliphatic heterocycles. The summed E-state index contributed by atoms with van der Waals surface area (Å²) in [5.74, 6) is 1.47. The van der Waals surface area contributed by atoms with Gasteiger partial charge in [-0.3, -0.25) is 0 Å². The lowest BCUT2D eigenvalue weighted by molar-refractivity contribution is 0.519. The van der Waals surface area contributed by atoms with Crippen LogP contribution in [0.25, 0.3) is 0 Å². The van der Waals surface area contributed by atoms with Crippen LogP contribution in [0.5, 0.6) is 0 Å². The molecule has 0 saturated carbocycles. The van der Waals surface area contributed by atoms with Gasteiger partial charge in [0.1, 0.15) is 0 Å². The van der Waals surface area contributed by atoms with Gasteiger partial charge in [-0.2, -0.15) is 0 Å². The zero-order valence-electron chi connectivity index (χ0n) is 7.31. The van der Waals surface area contributed by atoms with Crippen LogP contribution in [0.3, 0.4) is 0 Å². The smallest absolute Gasteiger partial charge is 0.0171 e. The zero-order chi connectivity index (χ0) is 7.72. The van der Waals surface area contributed by atoms with E-state index in [0.29, 0.717) is 0 Å². The summed E-state index contributed by atoms with van der Waals surface area (Å²) >= 11 is 0. The largest absolute Gasteiger partial charge is 0.0782 e. The van der Waals surface area contributed by atoms with Gasteiger partial charge in [0.05, 0.1) is 0 Å². The Kier molecular flexibility index (Phi) is 1.98. The van der Waals surface area contributed by atoms with Crippen LogP contribution in [0, 0.1) is 11.8 Å². The molecule has 0 heteroatoms. The first-order valence-electron chi connectivity index (χ1n) is 3.98. The van der Waals surface area contributed by atoms with Crippen molar-refractivity contribution in [2.45, 2.75) is 27.7 Å². The molecule has 0 bridgehead atoms. The van der Waals surface area contributed by atoms with Crippen molar-refractivity contribution in [3.8, 4) is 0 Å². The topological polar surface area (TPSA) is 0 Å². The summed E-state index contributed by atoms with van der Waals surface area (Å²) in [6, 6.07) is 0. The molecule has 1 rings (SSSR count). The Labute approximate surface area is 63.6 Å². The molecule has 1 aliphatic carbocycles. The maximum Gasteiger partial charge on any atom is -0.0171 e. The molecule has 2 atom stereocenters. The minimum atomic E-state index is 0.727. The molecule has 0 nitrogen and oxygen atoms in total. The minimum Gasteiger partial charge on any atom is -0.0782 e. The van der Waals surface area contributed by atoms with E-state index in [1.165, 1.54) is 11.1 Å². The van der Waals surface area contributed by atoms with Gasteiger partial charge in [0.25, 0.3) is 0 Å². The van der Waals surface area contributed by atoms with Crippen molar-refractivity contribution >= 4 is 0 Å². The van der Waals surface area contributed by atoms with Crippen molar-refractivity contribution in [1.29, 1.82) is 0 Å². The third kappa shape index (κ3) is 1.31. The van der Waals surface area contributed by atoms with Crippen molar-refractivity contribution in [3.05, 3.63) is 23.3 Å². The zero-order valence-corrected chi connectivity index (χ0v) is 7.31. The number of hydrogen-bond acceptors (Lipinski definition) is 0. The molecule has 0 saturated heterocycles. The Balaban J connectivity index is 2.85. The highest BCUT2D eigenvalue weighted by atomic mass is 14.2. The Morgan fingerprint density at radius 2 is 1.80 bits per heavy atom. The fourth-order valence-electron chi connectivity index (χ4n) is 1.51. The van der Waals surface area contributed by atoms with Crippen molar-refractivity contribution < 1.29 is 0 Å². The summed E-state index contributed by atoms with van der Waals surface area (Å²) in [5, 5.41) is 0. The van der Waals surface area contributed by atoms with Gasteiger partial charge in [-0.1, -0.05) is 37.1 Å². The lowest BCUT2D eigenvalue weighted by atomic mass is 9.83. The summed E-state index contributed by atoms with van der Waals surface area (Å²) in [6.07, 6.45) is 4.63. The first-order chi connectivity index (χ1) is 4.61. The second-order valence-electron chi connectivity index (χ2n) is 3.45. The van der Waals surface area contributed by atoms with E-state index in [9.17, 15) is 0 Å². The van der Waals surface area contributed by atoms with E-state index in [1.807, 2.05) is 0 Å². The van der Waals surface area contributed by atoms with E-state index in [1.54, 1.807) is 0 Å². The van der Waals surface area contributed by atoms with E-state index in [0.717, 1.165) is 11.8 Å². The lowest BCUT2D eigenvalue weighted by Gasteiger charge is -2.22. The standard InChI is InChI=1S/C10H16/c1-7-5-8(2)10(4)9(3)6-7/h5-6,8,10H,1-4H3/t8-,10?/m1/s1. The van der Waals surface area contributed by atoms with Crippen molar-refractivity contribution in [2.75, 3.05) is 0 Å². The van der Waals surface area contributed by atoms with Gasteiger partial charge in [-0.05, 0) is 25.7 Å². The maximum atomic E-state index is 2.34. The van der Waals surface area contributed by atoms with Crippen LogP contribution in [0.1, 0.15) is 27.7 Å². The Morgan fingerprint density at radius 3 is 2.30 bits per heavy atom. The second-order valence-corrected chi connectivity index (χ2v) is 3.45. The predicted molar refractivity (Wildman–Crippen MR) is 45.8 cm³/mol. The van der Waals surface area contributed by atoms with Gasteiger partial charge < -0.3 is 0 Å². The van der Waals surface area contributed by atoms with Gasteiger partial charge in [-0.25, -0.2) is 0 Å². The van der Waals surface area contributed by atoms with Gasteiger partial charge >= 0.3 is 0 Å². The summed E-state index contributed by atoms with van der Waals surface area (Å²) in [6.45, 7) is 8.97. The molecule has 0 fully saturated rings. The molecule has 0 aromatic heterocycles. The third-order valence-electron chi connectivity index (χ3n) is 2.49. The molecule has 0 N–H and O–H groups in total. The van der Waals surface area contributed by atoms with Crippen LogP contribution in [-0.2, 0) is 0 Å². The van der Waals surface area contributed by atoms with Crippen molar-refractivity contribution in [3.63, 3.8) is 0 Å². The number of hydrogen-bond donors (Lipinski definition) is 0.